The minimum atomic E-state index is -1.12. The standard InChI is InChI=1S/C9H11F2NO/c1-9(2,13)3-6-7(10)4-12-5-8(6)11/h4-5,13H,3H2,1-2H3. The highest BCUT2D eigenvalue weighted by atomic mass is 19.1. The Morgan fingerprint density at radius 3 is 2.15 bits per heavy atom. The summed E-state index contributed by atoms with van der Waals surface area (Å²) >= 11 is 0. The maximum Gasteiger partial charge on any atom is 0.147 e. The first kappa shape index (κ1) is 10.1. The first-order valence-corrected chi connectivity index (χ1v) is 3.90. The average Bonchev–Trinajstić information content (AvgIpc) is 1.95. The van der Waals surface area contributed by atoms with Crippen LogP contribution in [0, 0.1) is 11.6 Å². The summed E-state index contributed by atoms with van der Waals surface area (Å²) in [5.41, 5.74) is -1.24. The van der Waals surface area contributed by atoms with Crippen molar-refractivity contribution >= 4 is 0 Å². The van der Waals surface area contributed by atoms with E-state index >= 15 is 0 Å². The van der Waals surface area contributed by atoms with Gasteiger partial charge in [0, 0.05) is 12.0 Å². The molecule has 0 aliphatic heterocycles. The molecule has 1 rings (SSSR count). The van der Waals surface area contributed by atoms with Gasteiger partial charge in [-0.1, -0.05) is 0 Å². The normalized spacial score (nSPS) is 11.8. The highest BCUT2D eigenvalue weighted by Gasteiger charge is 2.19. The Labute approximate surface area is 75.2 Å². The van der Waals surface area contributed by atoms with Crippen LogP contribution in [0.15, 0.2) is 12.4 Å². The molecule has 0 saturated heterocycles. The molecule has 0 aliphatic carbocycles. The van der Waals surface area contributed by atoms with Crippen molar-refractivity contribution in [3.63, 3.8) is 0 Å². The van der Waals surface area contributed by atoms with Crippen molar-refractivity contribution in [2.75, 3.05) is 0 Å². The van der Waals surface area contributed by atoms with Gasteiger partial charge in [-0.2, -0.15) is 0 Å². The molecule has 1 N–H and O–H groups in total. The molecule has 4 heteroatoms. The third-order valence-corrected chi connectivity index (χ3v) is 1.56. The molecule has 0 fully saturated rings. The van der Waals surface area contributed by atoms with Crippen LogP contribution in [0.3, 0.4) is 0 Å². The fourth-order valence-electron chi connectivity index (χ4n) is 1.04. The van der Waals surface area contributed by atoms with Crippen LogP contribution in [0.25, 0.3) is 0 Å². The van der Waals surface area contributed by atoms with E-state index in [1.165, 1.54) is 13.8 Å². The van der Waals surface area contributed by atoms with Crippen LogP contribution in [0.5, 0.6) is 0 Å². The molecule has 72 valence electrons. The van der Waals surface area contributed by atoms with E-state index in [2.05, 4.69) is 4.98 Å². The van der Waals surface area contributed by atoms with Crippen molar-refractivity contribution in [3.8, 4) is 0 Å². The van der Waals surface area contributed by atoms with Gasteiger partial charge in [0.25, 0.3) is 0 Å². The predicted octanol–water partition coefficient (Wildman–Crippen LogP) is 1.67. The largest absolute Gasteiger partial charge is 0.390 e. The van der Waals surface area contributed by atoms with Crippen molar-refractivity contribution in [2.45, 2.75) is 25.9 Å². The van der Waals surface area contributed by atoms with Gasteiger partial charge in [-0.15, -0.1) is 0 Å². The lowest BCUT2D eigenvalue weighted by atomic mass is 9.99. The Bertz CT molecular complexity index is 287. The van der Waals surface area contributed by atoms with Gasteiger partial charge < -0.3 is 5.11 Å². The molecule has 0 spiro atoms. The quantitative estimate of drug-likeness (QED) is 0.764. The smallest absolute Gasteiger partial charge is 0.147 e. The summed E-state index contributed by atoms with van der Waals surface area (Å²) < 4.78 is 25.9. The Morgan fingerprint density at radius 2 is 1.77 bits per heavy atom. The first-order chi connectivity index (χ1) is 5.90. The van der Waals surface area contributed by atoms with E-state index in [0.29, 0.717) is 0 Å². The van der Waals surface area contributed by atoms with Gasteiger partial charge in [0.2, 0.25) is 0 Å². The van der Waals surface area contributed by atoms with Crippen LogP contribution in [0.4, 0.5) is 8.78 Å². The van der Waals surface area contributed by atoms with Crippen LogP contribution in [0.1, 0.15) is 19.4 Å². The molecule has 0 aromatic carbocycles. The molecule has 0 amide bonds. The van der Waals surface area contributed by atoms with Crippen LogP contribution < -0.4 is 0 Å². The van der Waals surface area contributed by atoms with Crippen molar-refractivity contribution in [1.29, 1.82) is 0 Å². The molecular formula is C9H11F2NO. The van der Waals surface area contributed by atoms with Crippen LogP contribution in [-0.2, 0) is 6.42 Å². The molecule has 0 unspecified atom stereocenters. The Morgan fingerprint density at radius 1 is 1.31 bits per heavy atom. The fraction of sp³-hybridized carbons (Fsp3) is 0.444. The van der Waals surface area contributed by atoms with E-state index in [4.69, 9.17) is 0 Å². The summed E-state index contributed by atoms with van der Waals surface area (Å²) in [6.07, 6.45) is 1.81. The summed E-state index contributed by atoms with van der Waals surface area (Å²) in [5.74, 6) is -1.44. The van der Waals surface area contributed by atoms with Gasteiger partial charge in [0.15, 0.2) is 0 Å². The molecule has 1 aromatic heterocycles. The fourth-order valence-corrected chi connectivity index (χ4v) is 1.04. The monoisotopic (exact) mass is 187 g/mol. The van der Waals surface area contributed by atoms with Crippen molar-refractivity contribution in [1.82, 2.24) is 4.98 Å². The van der Waals surface area contributed by atoms with E-state index in [-0.39, 0.29) is 12.0 Å². The number of aromatic nitrogens is 1. The van der Waals surface area contributed by atoms with Gasteiger partial charge in [-0.25, -0.2) is 8.78 Å². The number of hydrogen-bond acceptors (Lipinski definition) is 2. The molecule has 13 heavy (non-hydrogen) atoms. The van der Waals surface area contributed by atoms with Crippen LogP contribution in [0.2, 0.25) is 0 Å². The molecule has 0 radical (unpaired) electrons. The number of rotatable bonds is 2. The molecular weight excluding hydrogens is 176 g/mol. The van der Waals surface area contributed by atoms with Crippen molar-refractivity contribution < 1.29 is 13.9 Å². The SMILES string of the molecule is CC(C)(O)Cc1c(F)cncc1F. The van der Waals surface area contributed by atoms with Crippen LogP contribution in [-0.4, -0.2) is 15.7 Å². The van der Waals surface area contributed by atoms with Gasteiger partial charge in [0.1, 0.15) is 11.6 Å². The van der Waals surface area contributed by atoms with Crippen LogP contribution >= 0.6 is 0 Å². The lowest BCUT2D eigenvalue weighted by Crippen LogP contribution is -2.23. The molecule has 0 aliphatic rings. The number of aliphatic hydroxyl groups is 1. The Kier molecular flexibility index (Phi) is 2.61. The summed E-state index contributed by atoms with van der Waals surface area (Å²) in [4.78, 5) is 3.34. The molecule has 0 bridgehead atoms. The second kappa shape index (κ2) is 3.38. The van der Waals surface area contributed by atoms with E-state index in [9.17, 15) is 13.9 Å². The van der Waals surface area contributed by atoms with E-state index < -0.39 is 17.2 Å². The van der Waals surface area contributed by atoms with E-state index in [0.717, 1.165) is 12.4 Å². The average molecular weight is 187 g/mol. The Balaban J connectivity index is 3.00. The Hall–Kier alpha value is -1.03. The number of hydrogen-bond donors (Lipinski definition) is 1. The van der Waals surface area contributed by atoms with Gasteiger partial charge >= 0.3 is 0 Å². The summed E-state index contributed by atoms with van der Waals surface area (Å²) in [6, 6.07) is 0. The number of halogens is 2. The molecule has 0 saturated carbocycles. The molecule has 0 atom stereocenters. The molecule has 1 heterocycles. The maximum absolute atomic E-state index is 13.0. The third kappa shape index (κ3) is 2.73. The van der Waals surface area contributed by atoms with Gasteiger partial charge in [0.05, 0.1) is 18.0 Å². The first-order valence-electron chi connectivity index (χ1n) is 3.90. The zero-order valence-electron chi connectivity index (χ0n) is 7.51. The second-order valence-corrected chi connectivity index (χ2v) is 3.57. The lowest BCUT2D eigenvalue weighted by molar-refractivity contribution is 0.0789. The van der Waals surface area contributed by atoms with Crippen molar-refractivity contribution in [2.24, 2.45) is 0 Å². The molecule has 1 aromatic rings. The topological polar surface area (TPSA) is 33.1 Å². The summed E-state index contributed by atoms with van der Waals surface area (Å²) in [7, 11) is 0. The minimum absolute atomic E-state index is 0.0623. The van der Waals surface area contributed by atoms with E-state index in [1.54, 1.807) is 0 Å². The third-order valence-electron chi connectivity index (χ3n) is 1.56. The zero-order valence-corrected chi connectivity index (χ0v) is 7.51. The predicted molar refractivity (Wildman–Crippen MR) is 44.2 cm³/mol. The molecule has 2 nitrogen and oxygen atoms in total. The van der Waals surface area contributed by atoms with Crippen molar-refractivity contribution in [3.05, 3.63) is 29.6 Å². The van der Waals surface area contributed by atoms with Gasteiger partial charge in [-0.05, 0) is 13.8 Å². The number of nitrogens with zero attached hydrogens (tertiary/aromatic N) is 1. The highest BCUT2D eigenvalue weighted by molar-refractivity contribution is 5.16. The maximum atomic E-state index is 13.0. The highest BCUT2D eigenvalue weighted by Crippen LogP contribution is 2.17. The lowest BCUT2D eigenvalue weighted by Gasteiger charge is -2.17. The second-order valence-electron chi connectivity index (χ2n) is 3.57. The zero-order chi connectivity index (χ0) is 10.1. The number of pyridine rings is 1. The van der Waals surface area contributed by atoms with E-state index in [1.807, 2.05) is 0 Å². The summed E-state index contributed by atoms with van der Waals surface area (Å²) in [6.45, 7) is 2.98. The van der Waals surface area contributed by atoms with Gasteiger partial charge in [-0.3, -0.25) is 4.98 Å². The minimum Gasteiger partial charge on any atom is -0.390 e. The summed E-state index contributed by atoms with van der Waals surface area (Å²) in [5, 5.41) is 9.37.